The lowest BCUT2D eigenvalue weighted by molar-refractivity contribution is -0.124. The van der Waals surface area contributed by atoms with Crippen LogP contribution in [0.25, 0.3) is 6.08 Å². The van der Waals surface area contributed by atoms with Gasteiger partial charge in [0, 0.05) is 36.8 Å². The van der Waals surface area contributed by atoms with Crippen LogP contribution in [0.15, 0.2) is 42.7 Å². The molecular weight excluding hydrogens is 508 g/mol. The van der Waals surface area contributed by atoms with Gasteiger partial charge in [-0.3, -0.25) is 15.0 Å². The number of rotatable bonds is 7. The first-order valence-electron chi connectivity index (χ1n) is 8.80. The molecule has 1 aliphatic heterocycles. The minimum absolute atomic E-state index is 0. The second-order valence-electron chi connectivity index (χ2n) is 6.41. The molecule has 31 heavy (non-hydrogen) atoms. The van der Waals surface area contributed by atoms with E-state index in [2.05, 4.69) is 26.3 Å². The highest BCUT2D eigenvalue weighted by atomic mass is 35.5. The molecule has 174 valence electrons. The van der Waals surface area contributed by atoms with Crippen LogP contribution in [0.4, 0.5) is 5.82 Å². The maximum absolute atomic E-state index is 11.0. The van der Waals surface area contributed by atoms with Gasteiger partial charge in [-0.25, -0.2) is 10.5 Å². The van der Waals surface area contributed by atoms with Gasteiger partial charge in [0.1, 0.15) is 5.82 Å². The molecule has 3 N–H and O–H groups in total. The summed E-state index contributed by atoms with van der Waals surface area (Å²) < 4.78 is 0. The third-order valence-electron chi connectivity index (χ3n) is 4.47. The van der Waals surface area contributed by atoms with Gasteiger partial charge in [-0.2, -0.15) is 0 Å². The summed E-state index contributed by atoms with van der Waals surface area (Å²) in [5.74, 6) is 0.0959. The molecule has 3 rings (SSSR count). The molecule has 0 saturated carbocycles. The summed E-state index contributed by atoms with van der Waals surface area (Å²) >= 11 is 6.22. The monoisotopic (exact) mass is 531 g/mol. The van der Waals surface area contributed by atoms with Crippen molar-refractivity contribution in [2.24, 2.45) is 0 Å². The highest BCUT2D eigenvalue weighted by Gasteiger charge is 2.22. The molecule has 0 radical (unpaired) electrons. The summed E-state index contributed by atoms with van der Waals surface area (Å²) in [7, 11) is 0. The minimum Gasteiger partial charge on any atom is -0.365 e. The third kappa shape index (κ3) is 10.2. The van der Waals surface area contributed by atoms with Gasteiger partial charge < -0.3 is 10.2 Å². The SMILES string of the molecule is Cl.Cl.Cl.Cl.O=C(C=Cc1cnc(N[C@@H]2CCN(CCc3ccccc3Cl)C2)cn1)NO. The van der Waals surface area contributed by atoms with Gasteiger partial charge >= 0.3 is 0 Å². The van der Waals surface area contributed by atoms with Gasteiger partial charge in [0.15, 0.2) is 0 Å². The van der Waals surface area contributed by atoms with Gasteiger partial charge in [0.25, 0.3) is 5.91 Å². The molecule has 1 aromatic heterocycles. The molecule has 1 saturated heterocycles. The Bertz CT molecular complexity index is 811. The zero-order valence-corrected chi connectivity index (χ0v) is 20.5. The molecular formula is C19H26Cl5N5O2. The summed E-state index contributed by atoms with van der Waals surface area (Å²) in [6.45, 7) is 2.96. The van der Waals surface area contributed by atoms with Gasteiger partial charge in [-0.1, -0.05) is 29.8 Å². The number of likely N-dealkylation sites (tertiary alicyclic amines) is 1. The van der Waals surface area contributed by atoms with Gasteiger partial charge in [0.05, 0.1) is 18.1 Å². The van der Waals surface area contributed by atoms with Crippen molar-refractivity contribution in [2.75, 3.05) is 25.0 Å². The number of nitrogens with one attached hydrogen (secondary N) is 2. The van der Waals surface area contributed by atoms with Crippen molar-refractivity contribution in [3.05, 3.63) is 59.0 Å². The Morgan fingerprint density at radius 1 is 1.19 bits per heavy atom. The van der Waals surface area contributed by atoms with Crippen molar-refractivity contribution in [2.45, 2.75) is 18.9 Å². The highest BCUT2D eigenvalue weighted by Crippen LogP contribution is 2.18. The van der Waals surface area contributed by atoms with Crippen LogP contribution in [0.2, 0.25) is 5.02 Å². The minimum atomic E-state index is -0.609. The average molecular weight is 534 g/mol. The van der Waals surface area contributed by atoms with Crippen LogP contribution in [-0.4, -0.2) is 51.7 Å². The summed E-state index contributed by atoms with van der Waals surface area (Å²) in [4.78, 5) is 21.9. The van der Waals surface area contributed by atoms with Crippen LogP contribution in [0.3, 0.4) is 0 Å². The van der Waals surface area contributed by atoms with Gasteiger partial charge in [-0.05, 0) is 30.5 Å². The maximum Gasteiger partial charge on any atom is 0.267 e. The number of carbonyl (C=O) groups excluding carboxylic acids is 1. The quantitative estimate of drug-likeness (QED) is 0.283. The van der Waals surface area contributed by atoms with Crippen molar-refractivity contribution >= 4 is 79.0 Å². The lowest BCUT2D eigenvalue weighted by atomic mass is 10.1. The zero-order valence-electron chi connectivity index (χ0n) is 16.4. The molecule has 2 heterocycles. The number of hydrogen-bond acceptors (Lipinski definition) is 6. The van der Waals surface area contributed by atoms with E-state index in [4.69, 9.17) is 16.8 Å². The number of hydrogen-bond donors (Lipinski definition) is 3. The van der Waals surface area contributed by atoms with Gasteiger partial charge in [0.2, 0.25) is 0 Å². The maximum atomic E-state index is 11.0. The Morgan fingerprint density at radius 3 is 2.58 bits per heavy atom. The predicted molar refractivity (Wildman–Crippen MR) is 134 cm³/mol. The third-order valence-corrected chi connectivity index (χ3v) is 4.84. The van der Waals surface area contributed by atoms with Crippen LogP contribution in [0.1, 0.15) is 17.7 Å². The van der Waals surface area contributed by atoms with Crippen molar-refractivity contribution in [3.63, 3.8) is 0 Å². The fourth-order valence-electron chi connectivity index (χ4n) is 3.04. The number of anilines is 1. The lowest BCUT2D eigenvalue weighted by Gasteiger charge is -2.17. The van der Waals surface area contributed by atoms with E-state index in [1.54, 1.807) is 12.4 Å². The van der Waals surface area contributed by atoms with Crippen LogP contribution in [0, 0.1) is 0 Å². The molecule has 1 aliphatic rings. The Labute approximate surface area is 211 Å². The summed E-state index contributed by atoms with van der Waals surface area (Å²) in [6.07, 6.45) is 7.87. The second kappa shape index (κ2) is 16.3. The van der Waals surface area contributed by atoms with Crippen LogP contribution in [0.5, 0.6) is 0 Å². The Kier molecular flexibility index (Phi) is 16.8. The Balaban J connectivity index is 0. The normalized spacial score (nSPS) is 15.1. The fraction of sp³-hybridized carbons (Fsp3) is 0.316. The molecule has 0 bridgehead atoms. The first-order chi connectivity index (χ1) is 13.1. The van der Waals surface area contributed by atoms with Crippen LogP contribution < -0.4 is 10.8 Å². The van der Waals surface area contributed by atoms with E-state index in [0.717, 1.165) is 37.5 Å². The molecule has 0 unspecified atom stereocenters. The van der Waals surface area contributed by atoms with E-state index >= 15 is 0 Å². The van der Waals surface area contributed by atoms with E-state index in [-0.39, 0.29) is 49.6 Å². The molecule has 2 aromatic rings. The van der Waals surface area contributed by atoms with E-state index in [0.29, 0.717) is 17.6 Å². The molecule has 1 amide bonds. The lowest BCUT2D eigenvalue weighted by Crippen LogP contribution is -2.28. The molecule has 12 heteroatoms. The summed E-state index contributed by atoms with van der Waals surface area (Å²) in [5, 5.41) is 12.7. The molecule has 0 aliphatic carbocycles. The van der Waals surface area contributed by atoms with E-state index in [1.165, 1.54) is 23.2 Å². The van der Waals surface area contributed by atoms with E-state index < -0.39 is 5.91 Å². The second-order valence-corrected chi connectivity index (χ2v) is 6.82. The van der Waals surface area contributed by atoms with Crippen LogP contribution >= 0.6 is 61.2 Å². The smallest absolute Gasteiger partial charge is 0.267 e. The Hall–Kier alpha value is -1.32. The molecule has 1 aromatic carbocycles. The van der Waals surface area contributed by atoms with Crippen LogP contribution in [-0.2, 0) is 11.2 Å². The predicted octanol–water partition coefficient (Wildman–Crippen LogP) is 4.06. The number of amides is 1. The molecule has 1 atom stereocenters. The first kappa shape index (κ1) is 31.9. The number of benzene rings is 1. The first-order valence-corrected chi connectivity index (χ1v) is 9.18. The highest BCUT2D eigenvalue weighted by molar-refractivity contribution is 6.31. The molecule has 7 nitrogen and oxygen atoms in total. The standard InChI is InChI=1S/C19H22ClN5O2.4ClH/c20-17-4-2-1-3-14(17)7-9-25-10-8-16(13-25)23-18-12-21-15(11-22-18)5-6-19(26)24-27;;;;/h1-6,11-12,16,27H,7-10,13H2,(H,22,23)(H,24,26);4*1H/t16-;;;;/m1..../s1. The number of halogens is 5. The van der Waals surface area contributed by atoms with E-state index in [9.17, 15) is 4.79 Å². The summed E-state index contributed by atoms with van der Waals surface area (Å²) in [5.41, 5.74) is 3.24. The van der Waals surface area contributed by atoms with Crippen molar-refractivity contribution in [1.29, 1.82) is 0 Å². The topological polar surface area (TPSA) is 90.4 Å². The number of carbonyl (C=O) groups is 1. The van der Waals surface area contributed by atoms with Gasteiger partial charge in [-0.15, -0.1) is 49.6 Å². The number of hydroxylamine groups is 1. The fourth-order valence-corrected chi connectivity index (χ4v) is 3.27. The van der Waals surface area contributed by atoms with Crippen molar-refractivity contribution in [3.8, 4) is 0 Å². The number of nitrogens with zero attached hydrogens (tertiary/aromatic N) is 3. The van der Waals surface area contributed by atoms with Crippen molar-refractivity contribution in [1.82, 2.24) is 20.3 Å². The van der Waals surface area contributed by atoms with Crippen molar-refractivity contribution < 1.29 is 10.0 Å². The molecule has 0 spiro atoms. The number of aromatic nitrogens is 2. The van der Waals surface area contributed by atoms with E-state index in [1.807, 2.05) is 18.2 Å². The average Bonchev–Trinajstić information content (AvgIpc) is 3.14. The zero-order chi connectivity index (χ0) is 19.1. The summed E-state index contributed by atoms with van der Waals surface area (Å²) in [6, 6.07) is 8.30. The Morgan fingerprint density at radius 2 is 1.94 bits per heavy atom. The largest absolute Gasteiger partial charge is 0.365 e. The molecule has 1 fully saturated rings.